The van der Waals surface area contributed by atoms with Crippen molar-refractivity contribution in [2.45, 2.75) is 6.92 Å². The van der Waals surface area contributed by atoms with E-state index >= 15 is 0 Å². The van der Waals surface area contributed by atoms with Crippen LogP contribution in [0.4, 0.5) is 0 Å². The molecule has 0 bridgehead atoms. The number of carbonyl (C=O) groups is 1. The lowest BCUT2D eigenvalue weighted by Gasteiger charge is -1.98. The van der Waals surface area contributed by atoms with E-state index in [-0.39, 0.29) is 18.4 Å². The van der Waals surface area contributed by atoms with Crippen molar-refractivity contribution < 1.29 is 9.53 Å². The SMILES string of the molecule is CCOC(=O)c1ccccn1.Cl. The van der Waals surface area contributed by atoms with Crippen LogP contribution < -0.4 is 0 Å². The van der Waals surface area contributed by atoms with E-state index in [1.54, 1.807) is 31.3 Å². The molecule has 0 amide bonds. The number of esters is 1. The van der Waals surface area contributed by atoms with Gasteiger partial charge in [-0.05, 0) is 19.1 Å². The van der Waals surface area contributed by atoms with Crippen molar-refractivity contribution in [2.75, 3.05) is 6.61 Å². The molecule has 0 N–H and O–H groups in total. The minimum absolute atomic E-state index is 0. The van der Waals surface area contributed by atoms with Gasteiger partial charge in [0.15, 0.2) is 0 Å². The fraction of sp³-hybridized carbons (Fsp3) is 0.250. The molecule has 3 nitrogen and oxygen atoms in total. The van der Waals surface area contributed by atoms with E-state index in [4.69, 9.17) is 4.74 Å². The Morgan fingerprint density at radius 1 is 1.58 bits per heavy atom. The summed E-state index contributed by atoms with van der Waals surface area (Å²) in [5.41, 5.74) is 0.356. The average molecular weight is 188 g/mol. The molecule has 1 heterocycles. The molecule has 0 aliphatic heterocycles. The summed E-state index contributed by atoms with van der Waals surface area (Å²) in [7, 11) is 0. The Balaban J connectivity index is 0.00000121. The molecule has 0 aliphatic carbocycles. The Labute approximate surface area is 77.2 Å². The highest BCUT2D eigenvalue weighted by molar-refractivity contribution is 5.87. The summed E-state index contributed by atoms with van der Waals surface area (Å²) in [5.74, 6) is -0.367. The molecule has 0 aliphatic rings. The third-order valence-corrected chi connectivity index (χ3v) is 1.15. The summed E-state index contributed by atoms with van der Waals surface area (Å²) < 4.78 is 4.73. The standard InChI is InChI=1S/C8H9NO2.ClH/c1-2-11-8(10)7-5-3-4-6-9-7;/h3-6H,2H2,1H3;1H. The maximum atomic E-state index is 11.0. The predicted molar refractivity (Wildman–Crippen MR) is 47.4 cm³/mol. The number of pyridine rings is 1. The van der Waals surface area contributed by atoms with Crippen molar-refractivity contribution in [3.8, 4) is 0 Å². The number of hydrogen-bond acceptors (Lipinski definition) is 3. The molecule has 4 heteroatoms. The summed E-state index contributed by atoms with van der Waals surface area (Å²) in [6.45, 7) is 2.15. The highest BCUT2D eigenvalue weighted by Crippen LogP contribution is 1.95. The van der Waals surface area contributed by atoms with Crippen molar-refractivity contribution in [3.63, 3.8) is 0 Å². The van der Waals surface area contributed by atoms with Gasteiger partial charge < -0.3 is 4.74 Å². The van der Waals surface area contributed by atoms with Gasteiger partial charge in [0.2, 0.25) is 0 Å². The first-order valence-electron chi connectivity index (χ1n) is 3.42. The molecule has 66 valence electrons. The number of hydrogen-bond donors (Lipinski definition) is 0. The van der Waals surface area contributed by atoms with Crippen molar-refractivity contribution in [1.29, 1.82) is 0 Å². The predicted octanol–water partition coefficient (Wildman–Crippen LogP) is 1.68. The highest BCUT2D eigenvalue weighted by atomic mass is 35.5. The molecule has 0 saturated heterocycles. The van der Waals surface area contributed by atoms with Crippen LogP contribution in [0.3, 0.4) is 0 Å². The Hall–Kier alpha value is -1.09. The number of aromatic nitrogens is 1. The molecule has 0 fully saturated rings. The summed E-state index contributed by atoms with van der Waals surface area (Å²) in [6, 6.07) is 5.12. The lowest BCUT2D eigenvalue weighted by Crippen LogP contribution is -2.05. The minimum Gasteiger partial charge on any atom is -0.461 e. The van der Waals surface area contributed by atoms with Gasteiger partial charge >= 0.3 is 5.97 Å². The first-order chi connectivity index (χ1) is 5.34. The molecule has 0 saturated carbocycles. The fourth-order valence-electron chi connectivity index (χ4n) is 0.689. The van der Waals surface area contributed by atoms with E-state index in [2.05, 4.69) is 4.98 Å². The van der Waals surface area contributed by atoms with Crippen LogP contribution in [0.15, 0.2) is 24.4 Å². The molecule has 1 aromatic heterocycles. The molecule has 0 spiro atoms. The van der Waals surface area contributed by atoms with Crippen LogP contribution in [-0.4, -0.2) is 17.6 Å². The number of ether oxygens (including phenoxy) is 1. The number of carbonyl (C=O) groups excluding carboxylic acids is 1. The smallest absolute Gasteiger partial charge is 0.356 e. The first kappa shape index (κ1) is 10.9. The second kappa shape index (κ2) is 5.55. The molecular weight excluding hydrogens is 178 g/mol. The van der Waals surface area contributed by atoms with E-state index in [0.717, 1.165) is 0 Å². The third-order valence-electron chi connectivity index (χ3n) is 1.15. The Morgan fingerprint density at radius 2 is 2.33 bits per heavy atom. The zero-order chi connectivity index (χ0) is 8.10. The van der Waals surface area contributed by atoms with E-state index in [1.807, 2.05) is 0 Å². The summed E-state index contributed by atoms with van der Waals surface area (Å²) in [4.78, 5) is 14.8. The van der Waals surface area contributed by atoms with Crippen LogP contribution in [0.1, 0.15) is 17.4 Å². The quantitative estimate of drug-likeness (QED) is 0.662. The maximum absolute atomic E-state index is 11.0. The van der Waals surface area contributed by atoms with Crippen molar-refractivity contribution in [1.82, 2.24) is 4.98 Å². The number of nitrogens with zero attached hydrogens (tertiary/aromatic N) is 1. The molecule has 0 aromatic carbocycles. The molecule has 0 atom stereocenters. The molecule has 1 rings (SSSR count). The van der Waals surface area contributed by atoms with Crippen LogP contribution in [0.25, 0.3) is 0 Å². The van der Waals surface area contributed by atoms with E-state index in [1.165, 1.54) is 0 Å². The van der Waals surface area contributed by atoms with Crippen LogP contribution in [0.2, 0.25) is 0 Å². The first-order valence-corrected chi connectivity index (χ1v) is 3.42. The van der Waals surface area contributed by atoms with Crippen LogP contribution >= 0.6 is 12.4 Å². The topological polar surface area (TPSA) is 39.2 Å². The Kier molecular flexibility index (Phi) is 5.04. The molecule has 12 heavy (non-hydrogen) atoms. The van der Waals surface area contributed by atoms with Gasteiger partial charge in [0, 0.05) is 6.20 Å². The van der Waals surface area contributed by atoms with Crippen LogP contribution in [0.5, 0.6) is 0 Å². The fourth-order valence-corrected chi connectivity index (χ4v) is 0.689. The normalized spacial score (nSPS) is 8.42. The number of halogens is 1. The van der Waals surface area contributed by atoms with E-state index < -0.39 is 0 Å². The van der Waals surface area contributed by atoms with E-state index in [0.29, 0.717) is 12.3 Å². The van der Waals surface area contributed by atoms with Gasteiger partial charge in [-0.25, -0.2) is 9.78 Å². The summed E-state index contributed by atoms with van der Waals surface area (Å²) >= 11 is 0. The lowest BCUT2D eigenvalue weighted by atomic mass is 10.4. The van der Waals surface area contributed by atoms with Gasteiger partial charge in [-0.2, -0.15) is 0 Å². The largest absolute Gasteiger partial charge is 0.461 e. The summed E-state index contributed by atoms with van der Waals surface area (Å²) in [5, 5.41) is 0. The van der Waals surface area contributed by atoms with Gasteiger partial charge in [0.25, 0.3) is 0 Å². The van der Waals surface area contributed by atoms with Gasteiger partial charge in [-0.15, -0.1) is 12.4 Å². The zero-order valence-corrected chi connectivity index (χ0v) is 7.50. The second-order valence-corrected chi connectivity index (χ2v) is 1.94. The van der Waals surface area contributed by atoms with Gasteiger partial charge in [0.1, 0.15) is 5.69 Å². The highest BCUT2D eigenvalue weighted by Gasteiger charge is 2.04. The molecular formula is C8H10ClNO2. The monoisotopic (exact) mass is 187 g/mol. The second-order valence-electron chi connectivity index (χ2n) is 1.94. The van der Waals surface area contributed by atoms with Gasteiger partial charge in [-0.3, -0.25) is 0 Å². The minimum atomic E-state index is -0.367. The Morgan fingerprint density at radius 3 is 2.83 bits per heavy atom. The van der Waals surface area contributed by atoms with Gasteiger partial charge in [-0.1, -0.05) is 6.07 Å². The van der Waals surface area contributed by atoms with Crippen molar-refractivity contribution >= 4 is 18.4 Å². The lowest BCUT2D eigenvalue weighted by molar-refractivity contribution is 0.0519. The maximum Gasteiger partial charge on any atom is 0.356 e. The van der Waals surface area contributed by atoms with Gasteiger partial charge in [0.05, 0.1) is 6.61 Å². The van der Waals surface area contributed by atoms with E-state index in [9.17, 15) is 4.79 Å². The van der Waals surface area contributed by atoms with Crippen LogP contribution in [0, 0.1) is 0 Å². The zero-order valence-electron chi connectivity index (χ0n) is 6.69. The Bertz CT molecular complexity index is 238. The summed E-state index contributed by atoms with van der Waals surface area (Å²) in [6.07, 6.45) is 1.56. The van der Waals surface area contributed by atoms with Crippen molar-refractivity contribution in [2.24, 2.45) is 0 Å². The molecule has 0 unspecified atom stereocenters. The van der Waals surface area contributed by atoms with Crippen molar-refractivity contribution in [3.05, 3.63) is 30.1 Å². The molecule has 1 aromatic rings. The van der Waals surface area contributed by atoms with Crippen LogP contribution in [-0.2, 0) is 4.74 Å². The molecule has 0 radical (unpaired) electrons. The number of rotatable bonds is 2. The average Bonchev–Trinajstić information content (AvgIpc) is 2.07. The third kappa shape index (κ3) is 2.88.